The molecule has 2 rings (SSSR count). The molecule has 5 heteroatoms. The van der Waals surface area contributed by atoms with Crippen LogP contribution >= 0.6 is 11.6 Å². The van der Waals surface area contributed by atoms with Gasteiger partial charge in [-0.25, -0.2) is 4.98 Å². The third kappa shape index (κ3) is 2.20. The fourth-order valence-electron chi connectivity index (χ4n) is 1.97. The topological polar surface area (TPSA) is 44.1 Å². The number of aromatic nitrogens is 2. The van der Waals surface area contributed by atoms with E-state index in [0.29, 0.717) is 5.82 Å². The molecular formula is C13H15ClN2O2. The molecule has 1 unspecified atom stereocenters. The Kier molecular flexibility index (Phi) is 3.57. The van der Waals surface area contributed by atoms with Crippen molar-refractivity contribution in [3.8, 4) is 0 Å². The Balaban J connectivity index is 2.63. The summed E-state index contributed by atoms with van der Waals surface area (Å²) in [6.45, 7) is 3.95. The molecule has 96 valence electrons. The number of benzene rings is 1. The molecule has 18 heavy (non-hydrogen) atoms. The van der Waals surface area contributed by atoms with E-state index in [2.05, 4.69) is 4.98 Å². The lowest BCUT2D eigenvalue weighted by Crippen LogP contribution is -2.14. The molecule has 0 N–H and O–H groups in total. The first kappa shape index (κ1) is 12.9. The van der Waals surface area contributed by atoms with Crippen molar-refractivity contribution in [1.82, 2.24) is 9.55 Å². The monoisotopic (exact) mass is 266 g/mol. The lowest BCUT2D eigenvalue weighted by Gasteiger charge is -2.08. The van der Waals surface area contributed by atoms with Gasteiger partial charge >= 0.3 is 5.97 Å². The van der Waals surface area contributed by atoms with Crippen LogP contribution in [-0.4, -0.2) is 22.6 Å². The van der Waals surface area contributed by atoms with Crippen LogP contribution in [0, 0.1) is 6.92 Å². The van der Waals surface area contributed by atoms with Gasteiger partial charge in [0.1, 0.15) is 12.4 Å². The van der Waals surface area contributed by atoms with Crippen LogP contribution in [0.3, 0.4) is 0 Å². The van der Waals surface area contributed by atoms with Gasteiger partial charge < -0.3 is 9.30 Å². The number of carbonyl (C=O) groups is 1. The predicted molar refractivity (Wildman–Crippen MR) is 70.8 cm³/mol. The molecule has 2 aromatic rings. The summed E-state index contributed by atoms with van der Waals surface area (Å²) in [5.74, 6) is 0.376. The Bertz CT molecular complexity index is 590. The number of imidazole rings is 1. The molecule has 1 aromatic carbocycles. The average molecular weight is 267 g/mol. The molecule has 0 aliphatic heterocycles. The zero-order chi connectivity index (χ0) is 13.3. The number of methoxy groups -OCH3 is 1. The van der Waals surface area contributed by atoms with Gasteiger partial charge in [-0.05, 0) is 25.5 Å². The standard InChI is InChI=1S/C13H15ClN2O2/c1-8-5-4-6-10-12(8)15-13(9(2)14)16(10)7-11(17)18-3/h4-6,9H,7H2,1-3H3. The predicted octanol–water partition coefficient (Wildman–Crippen LogP) is 2.82. The summed E-state index contributed by atoms with van der Waals surface area (Å²) in [5.41, 5.74) is 2.85. The highest BCUT2D eigenvalue weighted by molar-refractivity contribution is 6.20. The van der Waals surface area contributed by atoms with Gasteiger partial charge in [-0.15, -0.1) is 11.6 Å². The summed E-state index contributed by atoms with van der Waals surface area (Å²) < 4.78 is 6.52. The maximum atomic E-state index is 11.5. The molecule has 0 aliphatic rings. The highest BCUT2D eigenvalue weighted by Crippen LogP contribution is 2.26. The fraction of sp³-hybridized carbons (Fsp3) is 0.385. The second kappa shape index (κ2) is 4.98. The largest absolute Gasteiger partial charge is 0.468 e. The first-order chi connectivity index (χ1) is 8.54. The van der Waals surface area contributed by atoms with Gasteiger partial charge in [0.25, 0.3) is 0 Å². The molecular weight excluding hydrogens is 252 g/mol. The maximum Gasteiger partial charge on any atom is 0.325 e. The fourth-order valence-corrected chi connectivity index (χ4v) is 2.14. The Morgan fingerprint density at radius 1 is 1.56 bits per heavy atom. The van der Waals surface area contributed by atoms with E-state index in [9.17, 15) is 4.79 Å². The van der Waals surface area contributed by atoms with Crippen LogP contribution in [0.4, 0.5) is 0 Å². The van der Waals surface area contributed by atoms with Gasteiger partial charge in [0.15, 0.2) is 0 Å². The van der Waals surface area contributed by atoms with Crippen molar-refractivity contribution >= 4 is 28.6 Å². The van der Waals surface area contributed by atoms with Crippen molar-refractivity contribution < 1.29 is 9.53 Å². The van der Waals surface area contributed by atoms with Crippen LogP contribution in [0.1, 0.15) is 23.7 Å². The van der Waals surface area contributed by atoms with Crippen LogP contribution in [0.2, 0.25) is 0 Å². The number of nitrogens with zero attached hydrogens (tertiary/aromatic N) is 2. The number of esters is 1. The molecule has 4 nitrogen and oxygen atoms in total. The van der Waals surface area contributed by atoms with Crippen LogP contribution in [0.25, 0.3) is 11.0 Å². The van der Waals surface area contributed by atoms with Crippen molar-refractivity contribution in [2.75, 3.05) is 7.11 Å². The molecule has 0 bridgehead atoms. The summed E-state index contributed by atoms with van der Waals surface area (Å²) >= 11 is 6.12. The minimum Gasteiger partial charge on any atom is -0.468 e. The van der Waals surface area contributed by atoms with Gasteiger partial charge in [0.05, 0.1) is 23.5 Å². The molecule has 1 heterocycles. The first-order valence-corrected chi connectivity index (χ1v) is 6.15. The summed E-state index contributed by atoms with van der Waals surface area (Å²) in [6.07, 6.45) is 0. The molecule has 1 atom stereocenters. The van der Waals surface area contributed by atoms with Crippen LogP contribution in [0.15, 0.2) is 18.2 Å². The lowest BCUT2D eigenvalue weighted by atomic mass is 10.2. The van der Waals surface area contributed by atoms with Crippen LogP contribution in [-0.2, 0) is 16.1 Å². The average Bonchev–Trinajstić information content (AvgIpc) is 2.70. The summed E-state index contributed by atoms with van der Waals surface area (Å²) in [6, 6.07) is 5.86. The number of carbonyl (C=O) groups excluding carboxylic acids is 1. The summed E-state index contributed by atoms with van der Waals surface area (Å²) in [7, 11) is 1.37. The quantitative estimate of drug-likeness (QED) is 0.634. The molecule has 0 radical (unpaired) electrons. The third-order valence-corrected chi connectivity index (χ3v) is 3.08. The molecule has 0 saturated heterocycles. The highest BCUT2D eigenvalue weighted by Gasteiger charge is 2.17. The number of aryl methyl sites for hydroxylation is 1. The number of fused-ring (bicyclic) bond motifs is 1. The first-order valence-electron chi connectivity index (χ1n) is 5.71. The van der Waals surface area contributed by atoms with E-state index in [-0.39, 0.29) is 17.9 Å². The number of hydrogen-bond donors (Lipinski definition) is 0. The van der Waals surface area contributed by atoms with E-state index in [1.165, 1.54) is 7.11 Å². The summed E-state index contributed by atoms with van der Waals surface area (Å²) in [4.78, 5) is 16.0. The number of hydrogen-bond acceptors (Lipinski definition) is 3. The van der Waals surface area contributed by atoms with Gasteiger partial charge in [-0.2, -0.15) is 0 Å². The van der Waals surface area contributed by atoms with Crippen molar-refractivity contribution in [3.63, 3.8) is 0 Å². The summed E-state index contributed by atoms with van der Waals surface area (Å²) in [5, 5.41) is -0.263. The minimum absolute atomic E-state index is 0.128. The lowest BCUT2D eigenvalue weighted by molar-refractivity contribution is -0.141. The number of rotatable bonds is 3. The normalized spacial score (nSPS) is 12.7. The maximum absolute atomic E-state index is 11.5. The van der Waals surface area contributed by atoms with Crippen molar-refractivity contribution in [3.05, 3.63) is 29.6 Å². The van der Waals surface area contributed by atoms with E-state index in [1.807, 2.05) is 36.6 Å². The van der Waals surface area contributed by atoms with Crippen molar-refractivity contribution in [1.29, 1.82) is 0 Å². The SMILES string of the molecule is COC(=O)Cn1c(C(C)Cl)nc2c(C)cccc21. The van der Waals surface area contributed by atoms with Crippen molar-refractivity contribution in [2.45, 2.75) is 25.8 Å². The Morgan fingerprint density at radius 3 is 2.89 bits per heavy atom. The van der Waals surface area contributed by atoms with Gasteiger partial charge in [0, 0.05) is 0 Å². The minimum atomic E-state index is -0.311. The molecule has 1 aromatic heterocycles. The third-order valence-electron chi connectivity index (χ3n) is 2.88. The van der Waals surface area contributed by atoms with Crippen LogP contribution < -0.4 is 0 Å². The number of ether oxygens (including phenoxy) is 1. The van der Waals surface area contributed by atoms with E-state index >= 15 is 0 Å². The Morgan fingerprint density at radius 2 is 2.28 bits per heavy atom. The molecule has 0 aliphatic carbocycles. The van der Waals surface area contributed by atoms with Crippen LogP contribution in [0.5, 0.6) is 0 Å². The van der Waals surface area contributed by atoms with Gasteiger partial charge in [-0.1, -0.05) is 12.1 Å². The number of alkyl halides is 1. The number of halogens is 1. The van der Waals surface area contributed by atoms with E-state index in [1.54, 1.807) is 0 Å². The van der Waals surface area contributed by atoms with Gasteiger partial charge in [-0.3, -0.25) is 4.79 Å². The zero-order valence-electron chi connectivity index (χ0n) is 10.6. The molecule has 0 amide bonds. The van der Waals surface area contributed by atoms with Gasteiger partial charge in [0.2, 0.25) is 0 Å². The Hall–Kier alpha value is -1.55. The van der Waals surface area contributed by atoms with E-state index in [0.717, 1.165) is 16.6 Å². The second-order valence-electron chi connectivity index (χ2n) is 4.19. The molecule has 0 fully saturated rings. The highest BCUT2D eigenvalue weighted by atomic mass is 35.5. The smallest absolute Gasteiger partial charge is 0.325 e. The van der Waals surface area contributed by atoms with Crippen molar-refractivity contribution in [2.24, 2.45) is 0 Å². The molecule has 0 saturated carbocycles. The zero-order valence-corrected chi connectivity index (χ0v) is 11.4. The number of para-hydroxylation sites is 1. The van der Waals surface area contributed by atoms with E-state index in [4.69, 9.17) is 16.3 Å². The van der Waals surface area contributed by atoms with E-state index < -0.39 is 0 Å². The second-order valence-corrected chi connectivity index (χ2v) is 4.85. The molecule has 0 spiro atoms. The Labute approximate surface area is 111 Å².